The third kappa shape index (κ3) is 3.71. The van der Waals surface area contributed by atoms with Crippen LogP contribution in [0.1, 0.15) is 33.1 Å². The maximum atomic E-state index is 12.5. The van der Waals surface area contributed by atoms with Crippen LogP contribution in [-0.4, -0.2) is 55.9 Å². The van der Waals surface area contributed by atoms with Gasteiger partial charge in [0.1, 0.15) is 11.3 Å². The molecule has 1 atom stereocenters. The SMILES string of the molecule is CCOc1ccc2[nH]c3nc(SCC(=O)N4CCCC[C@H]4C)nnc3c2c1. The molecule has 4 rings (SSSR count). The molecule has 1 N–H and O–H groups in total. The van der Waals surface area contributed by atoms with E-state index in [4.69, 9.17) is 4.74 Å². The lowest BCUT2D eigenvalue weighted by molar-refractivity contribution is -0.131. The Kier molecular flexibility index (Phi) is 5.15. The Morgan fingerprint density at radius 3 is 3.07 bits per heavy atom. The van der Waals surface area contributed by atoms with Crippen LogP contribution in [0.4, 0.5) is 0 Å². The lowest BCUT2D eigenvalue weighted by atomic mass is 10.0. The molecule has 1 saturated heterocycles. The number of H-pyrrole nitrogens is 1. The van der Waals surface area contributed by atoms with Crippen LogP contribution >= 0.6 is 11.8 Å². The maximum absolute atomic E-state index is 12.5. The molecular formula is C19H23N5O2S. The molecule has 27 heavy (non-hydrogen) atoms. The zero-order valence-corrected chi connectivity index (χ0v) is 16.4. The van der Waals surface area contributed by atoms with Gasteiger partial charge in [-0.2, -0.15) is 0 Å². The van der Waals surface area contributed by atoms with Gasteiger partial charge in [-0.25, -0.2) is 4.98 Å². The van der Waals surface area contributed by atoms with Crippen molar-refractivity contribution in [3.63, 3.8) is 0 Å². The van der Waals surface area contributed by atoms with Gasteiger partial charge < -0.3 is 14.6 Å². The van der Waals surface area contributed by atoms with Crippen molar-refractivity contribution in [2.45, 2.75) is 44.3 Å². The fourth-order valence-corrected chi connectivity index (χ4v) is 4.20. The Bertz CT molecular complexity index is 973. The molecular weight excluding hydrogens is 362 g/mol. The van der Waals surface area contributed by atoms with Crippen LogP contribution in [-0.2, 0) is 4.79 Å². The molecule has 1 fully saturated rings. The van der Waals surface area contributed by atoms with Crippen molar-refractivity contribution in [2.24, 2.45) is 0 Å². The Morgan fingerprint density at radius 2 is 2.26 bits per heavy atom. The molecule has 3 aromatic rings. The monoisotopic (exact) mass is 385 g/mol. The topological polar surface area (TPSA) is 84.0 Å². The van der Waals surface area contributed by atoms with E-state index in [9.17, 15) is 4.79 Å². The predicted molar refractivity (Wildman–Crippen MR) is 106 cm³/mol. The highest BCUT2D eigenvalue weighted by atomic mass is 32.2. The van der Waals surface area contributed by atoms with E-state index in [1.807, 2.05) is 30.0 Å². The number of aromatic amines is 1. The van der Waals surface area contributed by atoms with E-state index in [1.165, 1.54) is 18.2 Å². The largest absolute Gasteiger partial charge is 0.494 e. The van der Waals surface area contributed by atoms with Gasteiger partial charge in [0.15, 0.2) is 5.65 Å². The Hall–Kier alpha value is -2.35. The molecule has 2 aromatic heterocycles. The fourth-order valence-electron chi connectivity index (χ4n) is 3.53. The summed E-state index contributed by atoms with van der Waals surface area (Å²) in [6.07, 6.45) is 3.37. The van der Waals surface area contributed by atoms with Crippen LogP contribution in [0.15, 0.2) is 23.4 Å². The number of nitrogens with zero attached hydrogens (tertiary/aromatic N) is 4. The Labute approximate surface area is 161 Å². The van der Waals surface area contributed by atoms with Crippen molar-refractivity contribution in [1.29, 1.82) is 0 Å². The highest BCUT2D eigenvalue weighted by Gasteiger charge is 2.23. The summed E-state index contributed by atoms with van der Waals surface area (Å²) in [7, 11) is 0. The number of thioether (sulfide) groups is 1. The number of fused-ring (bicyclic) bond motifs is 3. The molecule has 1 aromatic carbocycles. The molecule has 1 amide bonds. The first-order chi connectivity index (χ1) is 13.2. The number of piperidine rings is 1. The average molecular weight is 385 g/mol. The number of nitrogens with one attached hydrogen (secondary N) is 1. The summed E-state index contributed by atoms with van der Waals surface area (Å²) in [5.41, 5.74) is 2.33. The first kappa shape index (κ1) is 18.0. The molecule has 0 saturated carbocycles. The molecule has 7 nitrogen and oxygen atoms in total. The molecule has 0 aliphatic carbocycles. The third-order valence-corrected chi connectivity index (χ3v) is 5.75. The zero-order chi connectivity index (χ0) is 18.8. The van der Waals surface area contributed by atoms with E-state index >= 15 is 0 Å². The van der Waals surface area contributed by atoms with Crippen LogP contribution in [0.25, 0.3) is 22.1 Å². The maximum Gasteiger partial charge on any atom is 0.233 e. The number of aromatic nitrogens is 4. The van der Waals surface area contributed by atoms with Gasteiger partial charge in [0, 0.05) is 23.5 Å². The molecule has 1 aliphatic heterocycles. The van der Waals surface area contributed by atoms with Gasteiger partial charge in [-0.3, -0.25) is 4.79 Å². The highest BCUT2D eigenvalue weighted by Crippen LogP contribution is 2.27. The minimum absolute atomic E-state index is 0.147. The summed E-state index contributed by atoms with van der Waals surface area (Å²) in [6, 6.07) is 6.14. The first-order valence-electron chi connectivity index (χ1n) is 9.37. The Morgan fingerprint density at radius 1 is 1.37 bits per heavy atom. The quantitative estimate of drug-likeness (QED) is 0.678. The average Bonchev–Trinajstić information content (AvgIpc) is 3.04. The van der Waals surface area contributed by atoms with Crippen molar-refractivity contribution in [2.75, 3.05) is 18.9 Å². The number of likely N-dealkylation sites (tertiary alicyclic amines) is 1. The summed E-state index contributed by atoms with van der Waals surface area (Å²) in [5, 5.41) is 9.99. The second kappa shape index (κ2) is 7.72. The minimum atomic E-state index is 0.147. The number of carbonyl (C=O) groups excluding carboxylic acids is 1. The molecule has 3 heterocycles. The van der Waals surface area contributed by atoms with Gasteiger partial charge in [0.05, 0.1) is 12.4 Å². The van der Waals surface area contributed by atoms with Crippen molar-refractivity contribution in [3.8, 4) is 5.75 Å². The summed E-state index contributed by atoms with van der Waals surface area (Å²) in [5.74, 6) is 1.29. The summed E-state index contributed by atoms with van der Waals surface area (Å²) < 4.78 is 5.56. The van der Waals surface area contributed by atoms with Crippen molar-refractivity contribution >= 4 is 39.7 Å². The van der Waals surface area contributed by atoms with Crippen molar-refractivity contribution < 1.29 is 9.53 Å². The second-order valence-corrected chi connectivity index (χ2v) is 7.72. The van der Waals surface area contributed by atoms with Crippen LogP contribution in [0.3, 0.4) is 0 Å². The van der Waals surface area contributed by atoms with Gasteiger partial charge in [-0.15, -0.1) is 10.2 Å². The first-order valence-corrected chi connectivity index (χ1v) is 10.4. The number of hydrogen-bond acceptors (Lipinski definition) is 6. The third-order valence-electron chi connectivity index (χ3n) is 4.93. The van der Waals surface area contributed by atoms with Gasteiger partial charge in [0.25, 0.3) is 0 Å². The lowest BCUT2D eigenvalue weighted by Gasteiger charge is -2.33. The van der Waals surface area contributed by atoms with Gasteiger partial charge in [0.2, 0.25) is 11.1 Å². The molecule has 0 radical (unpaired) electrons. The highest BCUT2D eigenvalue weighted by molar-refractivity contribution is 7.99. The van der Waals surface area contributed by atoms with Gasteiger partial charge in [-0.05, 0) is 51.3 Å². The molecule has 0 bridgehead atoms. The number of ether oxygens (including phenoxy) is 1. The van der Waals surface area contributed by atoms with Gasteiger partial charge in [-0.1, -0.05) is 11.8 Å². The molecule has 1 aliphatic rings. The lowest BCUT2D eigenvalue weighted by Crippen LogP contribution is -2.42. The fraction of sp³-hybridized carbons (Fsp3) is 0.474. The standard InChI is InChI=1S/C19H23N5O2S/c1-3-26-13-7-8-15-14(10-13)17-18(20-15)21-19(23-22-17)27-11-16(25)24-9-5-4-6-12(24)2/h7-8,10,12H,3-6,9,11H2,1-2H3,(H,20,21,23)/t12-/m1/s1. The van der Waals surface area contributed by atoms with Crippen molar-refractivity contribution in [1.82, 2.24) is 25.1 Å². The van der Waals surface area contributed by atoms with E-state index in [0.717, 1.165) is 36.0 Å². The smallest absolute Gasteiger partial charge is 0.233 e. The Balaban J connectivity index is 1.51. The van der Waals surface area contributed by atoms with E-state index in [1.54, 1.807) is 0 Å². The van der Waals surface area contributed by atoms with Crippen molar-refractivity contribution in [3.05, 3.63) is 18.2 Å². The van der Waals surface area contributed by atoms with E-state index in [-0.39, 0.29) is 5.91 Å². The molecule has 0 spiro atoms. The normalized spacial score (nSPS) is 17.6. The van der Waals surface area contributed by atoms with Crippen LogP contribution in [0, 0.1) is 0 Å². The zero-order valence-electron chi connectivity index (χ0n) is 15.6. The summed E-state index contributed by atoms with van der Waals surface area (Å²) in [6.45, 7) is 5.54. The molecule has 8 heteroatoms. The number of carbonyl (C=O) groups is 1. The number of benzene rings is 1. The van der Waals surface area contributed by atoms with E-state index in [2.05, 4.69) is 27.1 Å². The van der Waals surface area contributed by atoms with Gasteiger partial charge >= 0.3 is 0 Å². The number of amides is 1. The van der Waals surface area contributed by atoms with Crippen LogP contribution in [0.2, 0.25) is 0 Å². The second-order valence-electron chi connectivity index (χ2n) is 6.78. The minimum Gasteiger partial charge on any atom is -0.494 e. The molecule has 142 valence electrons. The predicted octanol–water partition coefficient (Wildman–Crippen LogP) is 3.40. The number of hydrogen-bond donors (Lipinski definition) is 1. The van der Waals surface area contributed by atoms with Crippen LogP contribution in [0.5, 0.6) is 5.75 Å². The summed E-state index contributed by atoms with van der Waals surface area (Å²) in [4.78, 5) is 22.3. The van der Waals surface area contributed by atoms with E-state index < -0.39 is 0 Å². The summed E-state index contributed by atoms with van der Waals surface area (Å²) >= 11 is 1.34. The molecule has 0 unspecified atom stereocenters. The number of rotatable bonds is 5. The van der Waals surface area contributed by atoms with E-state index in [0.29, 0.717) is 34.7 Å². The van der Waals surface area contributed by atoms with Crippen LogP contribution < -0.4 is 4.74 Å².